The molecule has 0 saturated carbocycles. The summed E-state index contributed by atoms with van der Waals surface area (Å²) in [6, 6.07) is 7.19. The maximum Gasteiger partial charge on any atom is 0.115 e. The summed E-state index contributed by atoms with van der Waals surface area (Å²) >= 11 is 0. The lowest BCUT2D eigenvalue weighted by Crippen LogP contribution is -2.20. The van der Waals surface area contributed by atoms with Gasteiger partial charge in [0.2, 0.25) is 0 Å². The molecule has 2 heteroatoms. The maximum absolute atomic E-state index is 9.19. The number of hydrogen-bond acceptors (Lipinski definition) is 2. The molecule has 0 aliphatic carbocycles. The third-order valence-electron chi connectivity index (χ3n) is 2.74. The highest BCUT2D eigenvalue weighted by Crippen LogP contribution is 2.25. The van der Waals surface area contributed by atoms with Crippen molar-refractivity contribution in [1.29, 1.82) is 0 Å². The summed E-state index contributed by atoms with van der Waals surface area (Å²) in [6.07, 6.45) is 3.19. The van der Waals surface area contributed by atoms with E-state index in [1.807, 2.05) is 12.1 Å². The Bertz CT molecular complexity index is 403. The summed E-state index contributed by atoms with van der Waals surface area (Å²) in [4.78, 5) is 0. The quantitative estimate of drug-likeness (QED) is 0.732. The van der Waals surface area contributed by atoms with E-state index in [0.717, 1.165) is 23.4 Å². The van der Waals surface area contributed by atoms with Gasteiger partial charge in [0.05, 0.1) is 0 Å². The lowest BCUT2D eigenvalue weighted by molar-refractivity contribution is 0.475. The summed E-state index contributed by atoms with van der Waals surface area (Å²) in [5.41, 5.74) is 3.22. The van der Waals surface area contributed by atoms with Crippen molar-refractivity contribution in [3.63, 3.8) is 0 Å². The van der Waals surface area contributed by atoms with Crippen LogP contribution < -0.4 is 5.32 Å². The molecular weight excluding hydrogens is 186 g/mol. The van der Waals surface area contributed by atoms with Crippen LogP contribution in [0.2, 0.25) is 0 Å². The average molecular weight is 201 g/mol. The summed E-state index contributed by atoms with van der Waals surface area (Å²) in [5.74, 6) is 0.785. The van der Waals surface area contributed by atoms with Crippen LogP contribution in [0.1, 0.15) is 18.9 Å². The zero-order chi connectivity index (χ0) is 10.8. The third kappa shape index (κ3) is 2.04. The fraction of sp³-hybridized carbons (Fsp3) is 0.231. The van der Waals surface area contributed by atoms with Gasteiger partial charge in [0.25, 0.3) is 0 Å². The van der Waals surface area contributed by atoms with E-state index in [1.165, 1.54) is 0 Å². The van der Waals surface area contributed by atoms with Crippen LogP contribution in [-0.2, 0) is 0 Å². The van der Waals surface area contributed by atoms with Gasteiger partial charge in [-0.3, -0.25) is 0 Å². The Labute approximate surface area is 89.9 Å². The van der Waals surface area contributed by atoms with Crippen molar-refractivity contribution in [1.82, 2.24) is 5.32 Å². The molecule has 0 radical (unpaired) electrons. The second-order valence-corrected chi connectivity index (χ2v) is 3.95. The Morgan fingerprint density at radius 1 is 1.33 bits per heavy atom. The normalized spacial score (nSPS) is 20.7. The van der Waals surface area contributed by atoms with Crippen molar-refractivity contribution in [2.24, 2.45) is 5.92 Å². The van der Waals surface area contributed by atoms with Crippen molar-refractivity contribution in [2.75, 3.05) is 0 Å². The molecule has 1 heterocycles. The Kier molecular flexibility index (Phi) is 2.50. The lowest BCUT2D eigenvalue weighted by atomic mass is 9.97. The molecule has 2 nitrogen and oxygen atoms in total. The Hall–Kier alpha value is -1.70. The molecule has 1 aliphatic heterocycles. The average Bonchev–Trinajstić information content (AvgIpc) is 2.23. The molecule has 78 valence electrons. The second-order valence-electron chi connectivity index (χ2n) is 3.95. The van der Waals surface area contributed by atoms with Gasteiger partial charge >= 0.3 is 0 Å². The van der Waals surface area contributed by atoms with Crippen LogP contribution in [0.15, 0.2) is 42.6 Å². The minimum absolute atomic E-state index is 0.294. The standard InChI is InChI=1S/C13H15NO/c1-9-3-8-13(14-10(9)2)11-4-6-12(15)7-5-11/h4-9,14-15H,2-3H2,1H3. The number of nitrogens with one attached hydrogen (secondary N) is 1. The molecule has 0 bridgehead atoms. The van der Waals surface area contributed by atoms with Crippen LogP contribution >= 0.6 is 0 Å². The van der Waals surface area contributed by atoms with Crippen molar-refractivity contribution >= 4 is 5.70 Å². The van der Waals surface area contributed by atoms with Crippen LogP contribution in [0.4, 0.5) is 0 Å². The van der Waals surface area contributed by atoms with Gasteiger partial charge in [-0.1, -0.05) is 19.6 Å². The monoisotopic (exact) mass is 201 g/mol. The summed E-state index contributed by atoms with van der Waals surface area (Å²) in [5, 5.41) is 12.5. The van der Waals surface area contributed by atoms with E-state index in [4.69, 9.17) is 0 Å². The third-order valence-corrected chi connectivity index (χ3v) is 2.74. The van der Waals surface area contributed by atoms with Crippen molar-refractivity contribution < 1.29 is 5.11 Å². The second kappa shape index (κ2) is 3.81. The molecule has 1 aliphatic rings. The number of phenolic OH excluding ortho intramolecular Hbond substituents is 1. The number of rotatable bonds is 1. The van der Waals surface area contributed by atoms with Crippen LogP contribution in [0, 0.1) is 5.92 Å². The molecule has 0 amide bonds. The fourth-order valence-electron chi connectivity index (χ4n) is 1.62. The van der Waals surface area contributed by atoms with E-state index in [9.17, 15) is 5.11 Å². The van der Waals surface area contributed by atoms with E-state index in [1.54, 1.807) is 12.1 Å². The van der Waals surface area contributed by atoms with Gasteiger partial charge in [-0.05, 0) is 42.2 Å². The Balaban J connectivity index is 2.25. The van der Waals surface area contributed by atoms with Gasteiger partial charge in [-0.2, -0.15) is 0 Å². The molecule has 1 atom stereocenters. The highest BCUT2D eigenvalue weighted by molar-refractivity contribution is 5.67. The Morgan fingerprint density at radius 2 is 2.00 bits per heavy atom. The van der Waals surface area contributed by atoms with Gasteiger partial charge in [0, 0.05) is 11.4 Å². The molecule has 0 fully saturated rings. The van der Waals surface area contributed by atoms with Crippen molar-refractivity contribution in [3.8, 4) is 5.75 Å². The van der Waals surface area contributed by atoms with Gasteiger partial charge in [0.15, 0.2) is 0 Å². The number of benzene rings is 1. The van der Waals surface area contributed by atoms with Gasteiger partial charge in [0.1, 0.15) is 5.75 Å². The zero-order valence-corrected chi connectivity index (χ0v) is 8.83. The molecular formula is C13H15NO. The maximum atomic E-state index is 9.19. The summed E-state index contributed by atoms with van der Waals surface area (Å²) in [6.45, 7) is 6.14. The van der Waals surface area contributed by atoms with E-state index in [-0.39, 0.29) is 0 Å². The first-order chi connectivity index (χ1) is 7.16. The van der Waals surface area contributed by atoms with Crippen LogP contribution in [0.5, 0.6) is 5.75 Å². The number of hydrogen-bond donors (Lipinski definition) is 2. The predicted molar refractivity (Wildman–Crippen MR) is 62.1 cm³/mol. The van der Waals surface area contributed by atoms with Crippen molar-refractivity contribution in [2.45, 2.75) is 13.3 Å². The SMILES string of the molecule is C=C1NC(c2ccc(O)cc2)=CCC1C. The van der Waals surface area contributed by atoms with Crippen LogP contribution in [-0.4, -0.2) is 5.11 Å². The molecule has 1 aromatic rings. The minimum Gasteiger partial charge on any atom is -0.508 e. The molecule has 1 aromatic carbocycles. The van der Waals surface area contributed by atoms with E-state index < -0.39 is 0 Å². The number of aromatic hydroxyl groups is 1. The van der Waals surface area contributed by atoms with Gasteiger partial charge in [-0.15, -0.1) is 0 Å². The molecule has 0 spiro atoms. The molecule has 0 saturated heterocycles. The van der Waals surface area contributed by atoms with Crippen LogP contribution in [0.25, 0.3) is 5.70 Å². The lowest BCUT2D eigenvalue weighted by Gasteiger charge is -2.23. The first-order valence-corrected chi connectivity index (χ1v) is 5.12. The summed E-state index contributed by atoms with van der Waals surface area (Å²) < 4.78 is 0. The summed E-state index contributed by atoms with van der Waals surface area (Å²) in [7, 11) is 0. The first kappa shape index (κ1) is 9.84. The van der Waals surface area contributed by atoms with E-state index >= 15 is 0 Å². The first-order valence-electron chi connectivity index (χ1n) is 5.12. The highest BCUT2D eigenvalue weighted by atomic mass is 16.3. The Morgan fingerprint density at radius 3 is 2.60 bits per heavy atom. The zero-order valence-electron chi connectivity index (χ0n) is 8.83. The van der Waals surface area contributed by atoms with Gasteiger partial charge in [-0.25, -0.2) is 0 Å². The smallest absolute Gasteiger partial charge is 0.115 e. The minimum atomic E-state index is 0.294. The van der Waals surface area contributed by atoms with Crippen molar-refractivity contribution in [3.05, 3.63) is 48.2 Å². The molecule has 1 unspecified atom stereocenters. The molecule has 2 rings (SSSR count). The predicted octanol–water partition coefficient (Wildman–Crippen LogP) is 2.88. The van der Waals surface area contributed by atoms with Gasteiger partial charge < -0.3 is 10.4 Å². The number of phenols is 1. The molecule has 0 aromatic heterocycles. The van der Waals surface area contributed by atoms with E-state index in [0.29, 0.717) is 11.7 Å². The molecule has 15 heavy (non-hydrogen) atoms. The van der Waals surface area contributed by atoms with E-state index in [2.05, 4.69) is 24.9 Å². The largest absolute Gasteiger partial charge is 0.508 e. The highest BCUT2D eigenvalue weighted by Gasteiger charge is 2.13. The number of allylic oxidation sites excluding steroid dienone is 2. The topological polar surface area (TPSA) is 32.3 Å². The van der Waals surface area contributed by atoms with Crippen LogP contribution in [0.3, 0.4) is 0 Å². The fourth-order valence-corrected chi connectivity index (χ4v) is 1.62. The molecule has 2 N–H and O–H groups in total.